The molecule has 1 N–H and O–H groups in total. The van der Waals surface area contributed by atoms with Crippen molar-refractivity contribution in [2.45, 2.75) is 39.7 Å². The lowest BCUT2D eigenvalue weighted by Gasteiger charge is -2.19. The van der Waals surface area contributed by atoms with Crippen LogP contribution in [0.4, 0.5) is 0 Å². The summed E-state index contributed by atoms with van der Waals surface area (Å²) in [5.74, 6) is 1.05. The van der Waals surface area contributed by atoms with E-state index in [0.29, 0.717) is 22.3 Å². The van der Waals surface area contributed by atoms with E-state index >= 15 is 0 Å². The standard InChI is InChI=1S/C15H22ClNO2/c1-5-12(8-10(2)3)17-15(18)11-6-7-14(19-4)13(16)9-11/h6-7,9-10,12H,5,8H2,1-4H3,(H,17,18). The molecule has 0 spiro atoms. The summed E-state index contributed by atoms with van der Waals surface area (Å²) < 4.78 is 5.07. The molecule has 0 heterocycles. The molecule has 0 aromatic heterocycles. The van der Waals surface area contributed by atoms with Crippen molar-refractivity contribution in [1.82, 2.24) is 5.32 Å². The number of rotatable bonds is 6. The number of ether oxygens (including phenoxy) is 1. The van der Waals surface area contributed by atoms with Crippen LogP contribution in [0.15, 0.2) is 18.2 Å². The van der Waals surface area contributed by atoms with Crippen LogP contribution in [0.3, 0.4) is 0 Å². The van der Waals surface area contributed by atoms with Gasteiger partial charge in [0.1, 0.15) is 5.75 Å². The third-order valence-corrected chi connectivity index (χ3v) is 3.29. The summed E-state index contributed by atoms with van der Waals surface area (Å²) in [4.78, 5) is 12.1. The zero-order valence-corrected chi connectivity index (χ0v) is 12.8. The van der Waals surface area contributed by atoms with Crippen molar-refractivity contribution in [3.8, 4) is 5.75 Å². The molecule has 0 aliphatic rings. The average molecular weight is 284 g/mol. The monoisotopic (exact) mass is 283 g/mol. The van der Waals surface area contributed by atoms with Crippen molar-refractivity contribution >= 4 is 17.5 Å². The van der Waals surface area contributed by atoms with Crippen LogP contribution in [-0.4, -0.2) is 19.1 Å². The molecular formula is C15H22ClNO2. The minimum atomic E-state index is -0.0861. The van der Waals surface area contributed by atoms with Crippen LogP contribution in [0.2, 0.25) is 5.02 Å². The van der Waals surface area contributed by atoms with Crippen LogP contribution < -0.4 is 10.1 Å². The molecule has 0 aliphatic carbocycles. The highest BCUT2D eigenvalue weighted by atomic mass is 35.5. The van der Waals surface area contributed by atoms with Gasteiger partial charge in [-0.2, -0.15) is 0 Å². The number of amides is 1. The Balaban J connectivity index is 2.74. The van der Waals surface area contributed by atoms with Crippen molar-refractivity contribution in [2.24, 2.45) is 5.92 Å². The Kier molecular flexibility index (Phi) is 6.16. The molecular weight excluding hydrogens is 262 g/mol. The summed E-state index contributed by atoms with van der Waals surface area (Å²) >= 11 is 6.02. The molecule has 106 valence electrons. The van der Waals surface area contributed by atoms with Gasteiger partial charge in [-0.15, -0.1) is 0 Å². The largest absolute Gasteiger partial charge is 0.495 e. The fourth-order valence-corrected chi connectivity index (χ4v) is 2.23. The minimum absolute atomic E-state index is 0.0861. The van der Waals surface area contributed by atoms with E-state index in [1.807, 2.05) is 0 Å². The second-order valence-electron chi connectivity index (χ2n) is 5.06. The van der Waals surface area contributed by atoms with Gasteiger partial charge in [0.2, 0.25) is 0 Å². The first-order valence-corrected chi connectivity index (χ1v) is 7.00. The van der Waals surface area contributed by atoms with Crippen molar-refractivity contribution in [1.29, 1.82) is 0 Å². The molecule has 0 fully saturated rings. The zero-order valence-electron chi connectivity index (χ0n) is 12.0. The van der Waals surface area contributed by atoms with Crippen LogP contribution in [0.1, 0.15) is 44.0 Å². The molecule has 4 heteroatoms. The molecule has 0 saturated heterocycles. The summed E-state index contributed by atoms with van der Waals surface area (Å²) in [6, 6.07) is 5.27. The smallest absolute Gasteiger partial charge is 0.251 e. The van der Waals surface area contributed by atoms with Gasteiger partial charge < -0.3 is 10.1 Å². The summed E-state index contributed by atoms with van der Waals surface area (Å²) in [6.45, 7) is 6.38. The zero-order chi connectivity index (χ0) is 14.4. The van der Waals surface area contributed by atoms with E-state index < -0.39 is 0 Å². The Morgan fingerprint density at radius 3 is 2.58 bits per heavy atom. The molecule has 1 rings (SSSR count). The highest BCUT2D eigenvalue weighted by molar-refractivity contribution is 6.32. The Morgan fingerprint density at radius 1 is 1.42 bits per heavy atom. The van der Waals surface area contributed by atoms with Gasteiger partial charge in [0, 0.05) is 11.6 Å². The summed E-state index contributed by atoms with van der Waals surface area (Å²) in [7, 11) is 1.55. The Labute approximate surface area is 120 Å². The van der Waals surface area contributed by atoms with E-state index in [1.165, 1.54) is 0 Å². The number of carbonyl (C=O) groups excluding carboxylic acids is 1. The van der Waals surface area contributed by atoms with Gasteiger partial charge in [-0.05, 0) is 37.0 Å². The predicted molar refractivity (Wildman–Crippen MR) is 79.0 cm³/mol. The summed E-state index contributed by atoms with van der Waals surface area (Å²) in [5.41, 5.74) is 0.563. The third-order valence-electron chi connectivity index (χ3n) is 3.00. The molecule has 1 aromatic carbocycles. The maximum absolute atomic E-state index is 12.1. The van der Waals surface area contributed by atoms with Crippen LogP contribution in [0, 0.1) is 5.92 Å². The van der Waals surface area contributed by atoms with Crippen LogP contribution in [-0.2, 0) is 0 Å². The molecule has 3 nitrogen and oxygen atoms in total. The summed E-state index contributed by atoms with van der Waals surface area (Å²) in [6.07, 6.45) is 1.90. The number of benzene rings is 1. The van der Waals surface area contributed by atoms with Gasteiger partial charge in [-0.1, -0.05) is 32.4 Å². The van der Waals surface area contributed by atoms with Crippen molar-refractivity contribution in [3.05, 3.63) is 28.8 Å². The number of halogens is 1. The maximum atomic E-state index is 12.1. The molecule has 1 aromatic rings. The maximum Gasteiger partial charge on any atom is 0.251 e. The number of methoxy groups -OCH3 is 1. The van der Waals surface area contributed by atoms with E-state index in [0.717, 1.165) is 12.8 Å². The molecule has 1 amide bonds. The van der Waals surface area contributed by atoms with Crippen molar-refractivity contribution in [2.75, 3.05) is 7.11 Å². The normalized spacial score (nSPS) is 12.3. The van der Waals surface area contributed by atoms with Gasteiger partial charge >= 0.3 is 0 Å². The molecule has 0 bridgehead atoms. The fourth-order valence-electron chi connectivity index (χ4n) is 1.97. The predicted octanol–water partition coefficient (Wildman–Crippen LogP) is 3.90. The number of nitrogens with one attached hydrogen (secondary N) is 1. The first-order valence-electron chi connectivity index (χ1n) is 6.62. The highest BCUT2D eigenvalue weighted by Crippen LogP contribution is 2.25. The SMILES string of the molecule is CCC(CC(C)C)NC(=O)c1ccc(OC)c(Cl)c1. The topological polar surface area (TPSA) is 38.3 Å². The van der Waals surface area contributed by atoms with Crippen molar-refractivity contribution < 1.29 is 9.53 Å². The lowest BCUT2D eigenvalue weighted by atomic mass is 10.0. The molecule has 0 aliphatic heterocycles. The Morgan fingerprint density at radius 2 is 2.11 bits per heavy atom. The second-order valence-corrected chi connectivity index (χ2v) is 5.46. The first-order chi connectivity index (χ1) is 8.97. The lowest BCUT2D eigenvalue weighted by molar-refractivity contribution is 0.0931. The van der Waals surface area contributed by atoms with Gasteiger partial charge in [0.25, 0.3) is 5.91 Å². The Hall–Kier alpha value is -1.22. The van der Waals surface area contributed by atoms with Crippen LogP contribution >= 0.6 is 11.6 Å². The van der Waals surface area contributed by atoms with E-state index in [9.17, 15) is 4.79 Å². The van der Waals surface area contributed by atoms with Crippen LogP contribution in [0.25, 0.3) is 0 Å². The average Bonchev–Trinajstić information content (AvgIpc) is 2.37. The molecule has 19 heavy (non-hydrogen) atoms. The van der Waals surface area contributed by atoms with Gasteiger partial charge in [0.05, 0.1) is 12.1 Å². The quantitative estimate of drug-likeness (QED) is 0.860. The summed E-state index contributed by atoms with van der Waals surface area (Å²) in [5, 5.41) is 3.49. The molecule has 1 atom stereocenters. The van der Waals surface area contributed by atoms with E-state index in [4.69, 9.17) is 16.3 Å². The van der Waals surface area contributed by atoms with Gasteiger partial charge in [0.15, 0.2) is 0 Å². The molecule has 1 unspecified atom stereocenters. The number of carbonyl (C=O) groups is 1. The minimum Gasteiger partial charge on any atom is -0.495 e. The number of hydrogen-bond donors (Lipinski definition) is 1. The molecule has 0 saturated carbocycles. The third kappa shape index (κ3) is 4.75. The molecule has 0 radical (unpaired) electrons. The fraction of sp³-hybridized carbons (Fsp3) is 0.533. The Bertz CT molecular complexity index is 432. The van der Waals surface area contributed by atoms with E-state index in [1.54, 1.807) is 25.3 Å². The van der Waals surface area contributed by atoms with Crippen molar-refractivity contribution in [3.63, 3.8) is 0 Å². The van der Waals surface area contributed by atoms with E-state index in [-0.39, 0.29) is 11.9 Å². The number of hydrogen-bond acceptors (Lipinski definition) is 2. The second kappa shape index (κ2) is 7.39. The first kappa shape index (κ1) is 15.8. The van der Waals surface area contributed by atoms with E-state index in [2.05, 4.69) is 26.1 Å². The lowest BCUT2D eigenvalue weighted by Crippen LogP contribution is -2.35. The highest BCUT2D eigenvalue weighted by Gasteiger charge is 2.14. The van der Waals surface area contributed by atoms with Gasteiger partial charge in [-0.3, -0.25) is 4.79 Å². The van der Waals surface area contributed by atoms with Crippen LogP contribution in [0.5, 0.6) is 5.75 Å². The van der Waals surface area contributed by atoms with Gasteiger partial charge in [-0.25, -0.2) is 0 Å².